The molecule has 2 aromatic carbocycles. The molecule has 30 heavy (non-hydrogen) atoms. The van der Waals surface area contributed by atoms with E-state index in [1.165, 1.54) is 12.1 Å². The maximum Gasteiger partial charge on any atom is 0.316 e. The summed E-state index contributed by atoms with van der Waals surface area (Å²) in [6.45, 7) is 6.70. The molecule has 0 atom stereocenters. The molecule has 0 radical (unpaired) electrons. The van der Waals surface area contributed by atoms with Gasteiger partial charge in [-0.3, -0.25) is 9.59 Å². The van der Waals surface area contributed by atoms with E-state index in [1.807, 2.05) is 12.1 Å². The second kappa shape index (κ2) is 8.86. The maximum absolute atomic E-state index is 13.8. The van der Waals surface area contributed by atoms with E-state index >= 15 is 0 Å². The minimum atomic E-state index is -0.603. The zero-order valence-electron chi connectivity index (χ0n) is 17.0. The summed E-state index contributed by atoms with van der Waals surface area (Å²) in [5.74, 6) is -1.63. The summed E-state index contributed by atoms with van der Waals surface area (Å²) in [5, 5.41) is 8.94. The molecule has 0 aliphatic rings. The van der Waals surface area contributed by atoms with Crippen molar-refractivity contribution in [2.24, 2.45) is 0 Å². The van der Waals surface area contributed by atoms with Crippen molar-refractivity contribution < 1.29 is 18.5 Å². The number of amides is 2. The van der Waals surface area contributed by atoms with Crippen LogP contribution in [-0.2, 0) is 5.41 Å². The molecule has 3 rings (SSSR count). The first-order valence-corrected chi connectivity index (χ1v) is 9.51. The van der Waals surface area contributed by atoms with Gasteiger partial charge in [-0.1, -0.05) is 50.2 Å². The number of hydrogen-bond acceptors (Lipinski definition) is 5. The van der Waals surface area contributed by atoms with E-state index < -0.39 is 11.7 Å². The van der Waals surface area contributed by atoms with Crippen LogP contribution in [0.2, 0.25) is 0 Å². The van der Waals surface area contributed by atoms with Crippen molar-refractivity contribution >= 4 is 11.8 Å². The van der Waals surface area contributed by atoms with Crippen molar-refractivity contribution in [1.82, 2.24) is 20.8 Å². The standard InChI is InChI=1S/C22H23FN4O3/c1-22(2,3)15-10-8-14(9-11-15)19(28)24-12-13-25-20(29)21-26-18(27-30-21)16-6-4-5-7-17(16)23/h4-11H,12-13H2,1-3H3,(H,24,28)(H,25,29). The summed E-state index contributed by atoms with van der Waals surface area (Å²) in [7, 11) is 0. The average molecular weight is 410 g/mol. The molecule has 7 nitrogen and oxygen atoms in total. The Morgan fingerprint density at radius 2 is 1.60 bits per heavy atom. The lowest BCUT2D eigenvalue weighted by molar-refractivity contribution is 0.0898. The Hall–Kier alpha value is -3.55. The largest absolute Gasteiger partial charge is 0.350 e. The van der Waals surface area contributed by atoms with Crippen LogP contribution in [0.1, 0.15) is 47.4 Å². The number of hydrogen-bond donors (Lipinski definition) is 2. The molecule has 0 aliphatic carbocycles. The molecular weight excluding hydrogens is 387 g/mol. The third-order valence-electron chi connectivity index (χ3n) is 4.44. The topological polar surface area (TPSA) is 97.1 Å². The lowest BCUT2D eigenvalue weighted by Crippen LogP contribution is -2.34. The number of rotatable bonds is 6. The second-order valence-corrected chi connectivity index (χ2v) is 7.74. The summed E-state index contributed by atoms with van der Waals surface area (Å²) in [6.07, 6.45) is 0. The summed E-state index contributed by atoms with van der Waals surface area (Å²) >= 11 is 0. The predicted molar refractivity (Wildman–Crippen MR) is 110 cm³/mol. The number of benzene rings is 2. The first kappa shape index (κ1) is 21.2. The van der Waals surface area contributed by atoms with Crippen LogP contribution in [0, 0.1) is 5.82 Å². The molecule has 2 amide bonds. The van der Waals surface area contributed by atoms with E-state index in [0.29, 0.717) is 5.56 Å². The van der Waals surface area contributed by atoms with Gasteiger partial charge in [0, 0.05) is 18.7 Å². The fourth-order valence-electron chi connectivity index (χ4n) is 2.72. The normalized spacial score (nSPS) is 11.2. The molecule has 1 aromatic heterocycles. The van der Waals surface area contributed by atoms with Gasteiger partial charge in [-0.15, -0.1) is 0 Å². The smallest absolute Gasteiger partial charge is 0.316 e. The van der Waals surface area contributed by atoms with Crippen LogP contribution in [0.15, 0.2) is 53.1 Å². The summed E-state index contributed by atoms with van der Waals surface area (Å²) in [5.41, 5.74) is 1.84. The Bertz CT molecular complexity index is 1040. The fraction of sp³-hybridized carbons (Fsp3) is 0.273. The molecule has 0 aliphatic heterocycles. The van der Waals surface area contributed by atoms with Crippen LogP contribution in [0.3, 0.4) is 0 Å². The highest BCUT2D eigenvalue weighted by Crippen LogP contribution is 2.22. The molecule has 0 unspecified atom stereocenters. The van der Waals surface area contributed by atoms with Gasteiger partial charge in [0.15, 0.2) is 0 Å². The lowest BCUT2D eigenvalue weighted by atomic mass is 9.87. The summed E-state index contributed by atoms with van der Waals surface area (Å²) < 4.78 is 18.7. The van der Waals surface area contributed by atoms with E-state index in [1.54, 1.807) is 24.3 Å². The molecule has 0 bridgehead atoms. The lowest BCUT2D eigenvalue weighted by Gasteiger charge is -2.19. The SMILES string of the molecule is CC(C)(C)c1ccc(C(=O)NCCNC(=O)c2nc(-c3ccccc3F)no2)cc1. The molecule has 0 saturated heterocycles. The molecule has 156 valence electrons. The first-order valence-electron chi connectivity index (χ1n) is 9.51. The number of halogens is 1. The van der Waals surface area contributed by atoms with Crippen molar-refractivity contribution in [3.8, 4) is 11.4 Å². The molecule has 1 heterocycles. The fourth-order valence-corrected chi connectivity index (χ4v) is 2.72. The number of nitrogens with one attached hydrogen (secondary N) is 2. The number of aromatic nitrogens is 2. The zero-order chi connectivity index (χ0) is 21.7. The monoisotopic (exact) mass is 410 g/mol. The van der Waals surface area contributed by atoms with Crippen LogP contribution in [0.5, 0.6) is 0 Å². The van der Waals surface area contributed by atoms with Gasteiger partial charge in [-0.05, 0) is 35.2 Å². The number of nitrogens with zero attached hydrogens (tertiary/aromatic N) is 2. The van der Waals surface area contributed by atoms with E-state index in [9.17, 15) is 14.0 Å². The highest BCUT2D eigenvalue weighted by atomic mass is 19.1. The van der Waals surface area contributed by atoms with Gasteiger partial charge >= 0.3 is 11.8 Å². The Labute approximate surface area is 173 Å². The Morgan fingerprint density at radius 3 is 2.23 bits per heavy atom. The average Bonchev–Trinajstić information content (AvgIpc) is 3.21. The third kappa shape index (κ3) is 5.08. The number of carbonyl (C=O) groups excluding carboxylic acids is 2. The van der Waals surface area contributed by atoms with Crippen molar-refractivity contribution in [3.05, 3.63) is 71.4 Å². The summed E-state index contributed by atoms with van der Waals surface area (Å²) in [4.78, 5) is 28.2. The van der Waals surface area contributed by atoms with Crippen LogP contribution in [-0.4, -0.2) is 35.0 Å². The molecular formula is C22H23FN4O3. The number of carbonyl (C=O) groups is 2. The van der Waals surface area contributed by atoms with Crippen LogP contribution < -0.4 is 10.6 Å². The summed E-state index contributed by atoms with van der Waals surface area (Å²) in [6, 6.07) is 13.3. The van der Waals surface area contributed by atoms with Crippen molar-refractivity contribution in [2.75, 3.05) is 13.1 Å². The van der Waals surface area contributed by atoms with E-state index in [0.717, 1.165) is 5.56 Å². The quantitative estimate of drug-likeness (QED) is 0.608. The van der Waals surface area contributed by atoms with Gasteiger partial charge in [0.25, 0.3) is 5.91 Å². The Balaban J connectivity index is 1.48. The zero-order valence-corrected chi connectivity index (χ0v) is 17.0. The highest BCUT2D eigenvalue weighted by molar-refractivity contribution is 5.94. The minimum absolute atomic E-state index is 0.00902. The Kier molecular flexibility index (Phi) is 6.25. The van der Waals surface area contributed by atoms with E-state index in [4.69, 9.17) is 4.52 Å². The Morgan fingerprint density at radius 1 is 0.967 bits per heavy atom. The van der Waals surface area contributed by atoms with Crippen molar-refractivity contribution in [3.63, 3.8) is 0 Å². The van der Waals surface area contributed by atoms with Crippen molar-refractivity contribution in [2.45, 2.75) is 26.2 Å². The highest BCUT2D eigenvalue weighted by Gasteiger charge is 2.18. The molecule has 3 aromatic rings. The molecule has 0 spiro atoms. The van der Waals surface area contributed by atoms with Crippen LogP contribution >= 0.6 is 0 Å². The van der Waals surface area contributed by atoms with Gasteiger partial charge in [-0.25, -0.2) is 4.39 Å². The van der Waals surface area contributed by atoms with Crippen LogP contribution in [0.25, 0.3) is 11.4 Å². The third-order valence-corrected chi connectivity index (χ3v) is 4.44. The van der Waals surface area contributed by atoms with Gasteiger partial charge < -0.3 is 15.2 Å². The molecule has 0 saturated carbocycles. The van der Waals surface area contributed by atoms with Crippen molar-refractivity contribution in [1.29, 1.82) is 0 Å². The van der Waals surface area contributed by atoms with E-state index in [-0.39, 0.29) is 41.7 Å². The second-order valence-electron chi connectivity index (χ2n) is 7.74. The van der Waals surface area contributed by atoms with Gasteiger partial charge in [0.2, 0.25) is 5.82 Å². The van der Waals surface area contributed by atoms with E-state index in [2.05, 4.69) is 41.5 Å². The minimum Gasteiger partial charge on any atom is -0.350 e. The predicted octanol–water partition coefficient (Wildman–Crippen LogP) is 3.33. The maximum atomic E-state index is 13.8. The van der Waals surface area contributed by atoms with Gasteiger partial charge in [-0.2, -0.15) is 4.98 Å². The molecule has 8 heteroatoms. The van der Waals surface area contributed by atoms with Crippen LogP contribution in [0.4, 0.5) is 4.39 Å². The first-order chi connectivity index (χ1) is 14.3. The van der Waals surface area contributed by atoms with Gasteiger partial charge in [0.05, 0.1) is 5.56 Å². The molecule has 2 N–H and O–H groups in total. The van der Waals surface area contributed by atoms with Gasteiger partial charge in [0.1, 0.15) is 5.82 Å². The molecule has 0 fully saturated rings.